The Bertz CT molecular complexity index is 275. The Balaban J connectivity index is 4.09. The van der Waals surface area contributed by atoms with E-state index in [2.05, 4.69) is 13.8 Å². The minimum Gasteiger partial charge on any atom is -0.327 e. The molecule has 0 aliphatic carbocycles. The summed E-state index contributed by atoms with van der Waals surface area (Å²) in [6.07, 6.45) is 1.45. The predicted molar refractivity (Wildman–Crippen MR) is 65.6 cm³/mol. The highest BCUT2D eigenvalue weighted by Crippen LogP contribution is 2.18. The molecule has 0 aromatic rings. The van der Waals surface area contributed by atoms with Gasteiger partial charge in [0.1, 0.15) is 0 Å². The smallest absolute Gasteiger partial charge is 0.155 e. The molecule has 0 aliphatic rings. The van der Waals surface area contributed by atoms with Crippen LogP contribution in [0.3, 0.4) is 0 Å². The van der Waals surface area contributed by atoms with Gasteiger partial charge < -0.3 is 5.73 Å². The van der Waals surface area contributed by atoms with Crippen molar-refractivity contribution in [2.45, 2.75) is 58.2 Å². The molecule has 0 aromatic carbocycles. The molecule has 0 saturated heterocycles. The lowest BCUT2D eigenvalue weighted by Crippen LogP contribution is -2.32. The molecule has 2 N–H and O–H groups in total. The van der Waals surface area contributed by atoms with E-state index in [9.17, 15) is 8.42 Å². The fourth-order valence-corrected chi connectivity index (χ4v) is 2.31. The fraction of sp³-hybridized carbons (Fsp3) is 1.00. The summed E-state index contributed by atoms with van der Waals surface area (Å²) >= 11 is 0. The van der Waals surface area contributed by atoms with Crippen molar-refractivity contribution < 1.29 is 8.42 Å². The minimum atomic E-state index is -2.97. The topological polar surface area (TPSA) is 60.2 Å². The molecule has 0 radical (unpaired) electrons. The zero-order valence-electron chi connectivity index (χ0n) is 10.6. The second-order valence-corrected chi connectivity index (χ2v) is 8.34. The van der Waals surface area contributed by atoms with Gasteiger partial charge in [-0.1, -0.05) is 13.8 Å². The molecule has 0 heterocycles. The van der Waals surface area contributed by atoms with Gasteiger partial charge in [0, 0.05) is 6.04 Å². The van der Waals surface area contributed by atoms with Crippen LogP contribution in [0.2, 0.25) is 0 Å². The molecule has 1 unspecified atom stereocenters. The Kier molecular flexibility index (Phi) is 5.27. The molecule has 0 bridgehead atoms. The number of nitrogens with two attached hydrogens (primary N) is 1. The number of hydrogen-bond acceptors (Lipinski definition) is 3. The van der Waals surface area contributed by atoms with Crippen LogP contribution in [0.5, 0.6) is 0 Å². The maximum atomic E-state index is 11.8. The quantitative estimate of drug-likeness (QED) is 0.792. The van der Waals surface area contributed by atoms with Crippen molar-refractivity contribution in [3.8, 4) is 0 Å². The molecule has 3 nitrogen and oxygen atoms in total. The summed E-state index contributed by atoms with van der Waals surface area (Å²) in [5, 5.41) is 0. The summed E-state index contributed by atoms with van der Waals surface area (Å²) in [6.45, 7) is 9.34. The van der Waals surface area contributed by atoms with Crippen molar-refractivity contribution in [2.24, 2.45) is 11.7 Å². The van der Waals surface area contributed by atoms with Crippen LogP contribution in [0.25, 0.3) is 0 Å². The Morgan fingerprint density at radius 3 is 2.00 bits per heavy atom. The second kappa shape index (κ2) is 5.30. The zero-order valence-corrected chi connectivity index (χ0v) is 11.4. The molecular formula is C11H25NO2S. The Hall–Kier alpha value is -0.0900. The molecular weight excluding hydrogens is 210 g/mol. The van der Waals surface area contributed by atoms with Crippen molar-refractivity contribution in [1.29, 1.82) is 0 Å². The van der Waals surface area contributed by atoms with E-state index in [4.69, 9.17) is 5.73 Å². The molecule has 92 valence electrons. The molecule has 4 heteroatoms. The molecule has 1 atom stereocenters. The third-order valence-corrected chi connectivity index (χ3v) is 5.43. The first-order valence-corrected chi connectivity index (χ1v) is 7.21. The lowest BCUT2D eigenvalue weighted by Gasteiger charge is -2.20. The van der Waals surface area contributed by atoms with E-state index in [0.29, 0.717) is 12.3 Å². The van der Waals surface area contributed by atoms with Crippen LogP contribution in [-0.4, -0.2) is 25.0 Å². The van der Waals surface area contributed by atoms with Crippen LogP contribution in [0.4, 0.5) is 0 Å². The maximum Gasteiger partial charge on any atom is 0.155 e. The maximum absolute atomic E-state index is 11.8. The van der Waals surface area contributed by atoms with Gasteiger partial charge in [0.05, 0.1) is 10.5 Å². The van der Waals surface area contributed by atoms with Crippen LogP contribution in [0.15, 0.2) is 0 Å². The van der Waals surface area contributed by atoms with E-state index < -0.39 is 14.6 Å². The van der Waals surface area contributed by atoms with E-state index >= 15 is 0 Å². The summed E-state index contributed by atoms with van der Waals surface area (Å²) in [7, 11) is -2.97. The Morgan fingerprint density at radius 2 is 1.67 bits per heavy atom. The third-order valence-electron chi connectivity index (χ3n) is 2.74. The highest BCUT2D eigenvalue weighted by atomic mass is 32.2. The molecule has 0 saturated carbocycles. The minimum absolute atomic E-state index is 0.111. The standard InChI is InChI=1S/C11H25NO2S/c1-9(2)10(12)7-6-8-15(13,14)11(3,4)5/h9-10H,6-8,12H2,1-5H3. The fourth-order valence-electron chi connectivity index (χ4n) is 1.15. The molecule has 0 aromatic heterocycles. The first-order valence-electron chi connectivity index (χ1n) is 5.56. The SMILES string of the molecule is CC(C)C(N)CCCS(=O)(=O)C(C)(C)C. The van der Waals surface area contributed by atoms with E-state index in [0.717, 1.165) is 6.42 Å². The summed E-state index contributed by atoms with van der Waals surface area (Å²) in [4.78, 5) is 0. The van der Waals surface area contributed by atoms with Crippen LogP contribution in [0, 0.1) is 5.92 Å². The molecule has 0 aliphatic heterocycles. The Labute approximate surface area is 94.4 Å². The van der Waals surface area contributed by atoms with E-state index in [1.807, 2.05) is 0 Å². The Morgan fingerprint density at radius 1 is 1.20 bits per heavy atom. The first kappa shape index (κ1) is 14.9. The summed E-state index contributed by atoms with van der Waals surface area (Å²) in [5.41, 5.74) is 5.86. The van der Waals surface area contributed by atoms with Gasteiger partial charge >= 0.3 is 0 Å². The van der Waals surface area contributed by atoms with Gasteiger partial charge in [-0.15, -0.1) is 0 Å². The molecule has 15 heavy (non-hydrogen) atoms. The van der Waals surface area contributed by atoms with Gasteiger partial charge in [-0.25, -0.2) is 8.42 Å². The van der Waals surface area contributed by atoms with Gasteiger partial charge in [0.15, 0.2) is 9.84 Å². The highest BCUT2D eigenvalue weighted by Gasteiger charge is 2.28. The summed E-state index contributed by atoms with van der Waals surface area (Å²) in [5.74, 6) is 0.666. The van der Waals surface area contributed by atoms with Gasteiger partial charge in [0.2, 0.25) is 0 Å². The van der Waals surface area contributed by atoms with Crippen molar-refractivity contribution >= 4 is 9.84 Å². The highest BCUT2D eigenvalue weighted by molar-refractivity contribution is 7.92. The van der Waals surface area contributed by atoms with Crippen LogP contribution >= 0.6 is 0 Å². The largest absolute Gasteiger partial charge is 0.327 e. The second-order valence-electron chi connectivity index (χ2n) is 5.48. The summed E-state index contributed by atoms with van der Waals surface area (Å²) < 4.78 is 22.9. The van der Waals surface area contributed by atoms with Crippen LogP contribution in [-0.2, 0) is 9.84 Å². The number of sulfone groups is 1. The van der Waals surface area contributed by atoms with Crippen molar-refractivity contribution in [3.05, 3.63) is 0 Å². The summed E-state index contributed by atoms with van der Waals surface area (Å²) in [6, 6.07) is 0.111. The van der Waals surface area contributed by atoms with E-state index in [1.165, 1.54) is 0 Å². The zero-order chi connectivity index (χ0) is 12.3. The average Bonchev–Trinajstić information content (AvgIpc) is 2.01. The van der Waals surface area contributed by atoms with Crippen LogP contribution < -0.4 is 5.73 Å². The number of hydrogen-bond donors (Lipinski definition) is 1. The molecule has 0 rings (SSSR count). The van der Waals surface area contributed by atoms with Gasteiger partial charge in [-0.05, 0) is 39.5 Å². The monoisotopic (exact) mass is 235 g/mol. The van der Waals surface area contributed by atoms with E-state index in [1.54, 1.807) is 20.8 Å². The van der Waals surface area contributed by atoms with Crippen molar-refractivity contribution in [3.63, 3.8) is 0 Å². The normalized spacial score (nSPS) is 15.7. The average molecular weight is 235 g/mol. The predicted octanol–water partition coefficient (Wildman–Crippen LogP) is 1.96. The lowest BCUT2D eigenvalue weighted by molar-refractivity contribution is 0.458. The molecule has 0 spiro atoms. The first-order chi connectivity index (χ1) is 6.58. The van der Waals surface area contributed by atoms with Crippen LogP contribution in [0.1, 0.15) is 47.5 Å². The van der Waals surface area contributed by atoms with Gasteiger partial charge in [0.25, 0.3) is 0 Å². The van der Waals surface area contributed by atoms with E-state index in [-0.39, 0.29) is 11.8 Å². The molecule has 0 amide bonds. The lowest BCUT2D eigenvalue weighted by atomic mass is 10.0. The van der Waals surface area contributed by atoms with Gasteiger partial charge in [-0.3, -0.25) is 0 Å². The third kappa shape index (κ3) is 4.98. The molecule has 0 fully saturated rings. The number of rotatable bonds is 5. The van der Waals surface area contributed by atoms with Crippen molar-refractivity contribution in [1.82, 2.24) is 0 Å². The van der Waals surface area contributed by atoms with Crippen molar-refractivity contribution in [2.75, 3.05) is 5.75 Å². The van der Waals surface area contributed by atoms with Gasteiger partial charge in [-0.2, -0.15) is 0 Å².